The zero-order chi connectivity index (χ0) is 24.2. The molecule has 3 heterocycles. The Kier molecular flexibility index (Phi) is 7.27. The highest BCUT2D eigenvalue weighted by Crippen LogP contribution is 2.35. The highest BCUT2D eigenvalue weighted by atomic mass is 19.4. The van der Waals surface area contributed by atoms with Gasteiger partial charge in [0.2, 0.25) is 5.91 Å². The van der Waals surface area contributed by atoms with Crippen LogP contribution in [0.5, 0.6) is 0 Å². The lowest BCUT2D eigenvalue weighted by Crippen LogP contribution is -2.58. The van der Waals surface area contributed by atoms with Gasteiger partial charge in [0.1, 0.15) is 18.4 Å². The number of aromatic nitrogens is 4. The molecular weight excluding hydrogens is 443 g/mol. The van der Waals surface area contributed by atoms with Gasteiger partial charge < -0.3 is 15.0 Å². The number of pyridine rings is 1. The van der Waals surface area contributed by atoms with Crippen molar-refractivity contribution in [1.29, 1.82) is 5.26 Å². The number of halogens is 3. The minimum Gasteiger partial charge on any atom is -0.367 e. The Morgan fingerprint density at radius 3 is 2.73 bits per heavy atom. The number of rotatable bonds is 6. The van der Waals surface area contributed by atoms with E-state index in [1.807, 2.05) is 0 Å². The van der Waals surface area contributed by atoms with Crippen LogP contribution in [0.15, 0.2) is 30.9 Å². The summed E-state index contributed by atoms with van der Waals surface area (Å²) in [5.74, 6) is -3.26. The molecule has 176 valence electrons. The van der Waals surface area contributed by atoms with Gasteiger partial charge in [-0.3, -0.25) is 14.6 Å². The molecule has 0 aliphatic carbocycles. The second-order valence-electron chi connectivity index (χ2n) is 7.57. The Morgan fingerprint density at radius 2 is 2.15 bits per heavy atom. The molecule has 3 rings (SSSR count). The molecule has 13 heteroatoms. The van der Waals surface area contributed by atoms with Gasteiger partial charge in [-0.05, 0) is 19.4 Å². The Hall–Kier alpha value is -3.53. The van der Waals surface area contributed by atoms with E-state index in [0.29, 0.717) is 5.56 Å². The van der Waals surface area contributed by atoms with Crippen LogP contribution in [0.1, 0.15) is 36.9 Å². The summed E-state index contributed by atoms with van der Waals surface area (Å²) >= 11 is 0. The fraction of sp³-hybridized carbons (Fsp3) is 0.500. The first-order valence-electron chi connectivity index (χ1n) is 10.1. The molecule has 0 radical (unpaired) electrons. The van der Waals surface area contributed by atoms with Crippen molar-refractivity contribution in [2.75, 3.05) is 20.2 Å². The summed E-state index contributed by atoms with van der Waals surface area (Å²) in [6.07, 6.45) is -1.85. The topological polar surface area (TPSA) is 126 Å². The van der Waals surface area contributed by atoms with Gasteiger partial charge in [0.15, 0.2) is 6.10 Å². The summed E-state index contributed by atoms with van der Waals surface area (Å²) in [6.45, 7) is 0.935. The molecule has 1 aliphatic heterocycles. The lowest BCUT2D eigenvalue weighted by molar-refractivity contribution is -0.195. The zero-order valence-electron chi connectivity index (χ0n) is 17.9. The largest absolute Gasteiger partial charge is 0.393 e. The van der Waals surface area contributed by atoms with Crippen molar-refractivity contribution >= 4 is 11.8 Å². The van der Waals surface area contributed by atoms with Crippen molar-refractivity contribution in [2.45, 2.75) is 37.7 Å². The van der Waals surface area contributed by atoms with E-state index >= 15 is 0 Å². The number of nitrogens with zero attached hydrogens (tertiary/aromatic N) is 6. The molecule has 1 saturated heterocycles. The average Bonchev–Trinajstić information content (AvgIpc) is 3.28. The molecule has 0 spiro atoms. The smallest absolute Gasteiger partial charge is 0.367 e. The van der Waals surface area contributed by atoms with Crippen molar-refractivity contribution in [2.24, 2.45) is 5.92 Å². The van der Waals surface area contributed by atoms with Crippen LogP contribution in [0.3, 0.4) is 0 Å². The second-order valence-corrected chi connectivity index (χ2v) is 7.57. The molecule has 0 saturated carbocycles. The summed E-state index contributed by atoms with van der Waals surface area (Å²) in [7, 11) is 1.33. The number of alkyl halides is 3. The highest BCUT2D eigenvalue weighted by molar-refractivity contribution is 5.83. The minimum atomic E-state index is -4.57. The number of nitriles is 1. The molecule has 1 N–H and O–H groups in total. The SMILES string of the molecule is COC(C(=O)N1CCC(C(F)(F)F)C(NC(=O)C(C)n2cnc(C#N)n2)C1)c1cccnc1. The molecule has 2 aromatic heterocycles. The van der Waals surface area contributed by atoms with E-state index in [1.165, 1.54) is 31.3 Å². The molecule has 2 amide bonds. The third-order valence-corrected chi connectivity index (χ3v) is 5.50. The molecule has 4 atom stereocenters. The van der Waals surface area contributed by atoms with Crippen molar-refractivity contribution < 1.29 is 27.5 Å². The number of nitrogens with one attached hydrogen (secondary N) is 1. The van der Waals surface area contributed by atoms with Crippen LogP contribution >= 0.6 is 0 Å². The maximum absolute atomic E-state index is 13.7. The molecule has 0 bridgehead atoms. The van der Waals surface area contributed by atoms with Gasteiger partial charge >= 0.3 is 6.18 Å². The van der Waals surface area contributed by atoms with Crippen molar-refractivity contribution in [3.8, 4) is 6.07 Å². The molecule has 33 heavy (non-hydrogen) atoms. The predicted molar refractivity (Wildman–Crippen MR) is 106 cm³/mol. The van der Waals surface area contributed by atoms with E-state index in [9.17, 15) is 22.8 Å². The lowest BCUT2D eigenvalue weighted by Gasteiger charge is -2.40. The van der Waals surface area contributed by atoms with Crippen LogP contribution in [0.4, 0.5) is 13.2 Å². The fourth-order valence-corrected chi connectivity index (χ4v) is 3.70. The number of likely N-dealkylation sites (tertiary alicyclic amines) is 1. The number of hydrogen-bond donors (Lipinski definition) is 1. The van der Waals surface area contributed by atoms with E-state index in [-0.39, 0.29) is 25.3 Å². The van der Waals surface area contributed by atoms with Crippen LogP contribution in [0.25, 0.3) is 0 Å². The van der Waals surface area contributed by atoms with Crippen molar-refractivity contribution in [3.05, 3.63) is 42.2 Å². The number of piperidine rings is 1. The Bertz CT molecular complexity index is 1020. The quantitative estimate of drug-likeness (QED) is 0.683. The third-order valence-electron chi connectivity index (χ3n) is 5.50. The maximum Gasteiger partial charge on any atom is 0.393 e. The first-order chi connectivity index (χ1) is 15.7. The number of methoxy groups -OCH3 is 1. The molecule has 4 unspecified atom stereocenters. The lowest BCUT2D eigenvalue weighted by atomic mass is 9.90. The van der Waals surface area contributed by atoms with Crippen LogP contribution in [-0.2, 0) is 14.3 Å². The number of carbonyl (C=O) groups excluding carboxylic acids is 2. The standard InChI is InChI=1S/C20H22F3N7O3/c1-12(30-11-26-16(8-24)28-30)18(31)27-15-10-29(7-5-14(15)20(21,22)23)19(32)17(33-2)13-4-3-6-25-9-13/h3-4,6,9,11-12,14-15,17H,5,7,10H2,1-2H3,(H,27,31). The Labute approximate surface area is 187 Å². The molecule has 10 nitrogen and oxygen atoms in total. The fourth-order valence-electron chi connectivity index (χ4n) is 3.70. The highest BCUT2D eigenvalue weighted by Gasteiger charge is 2.49. The van der Waals surface area contributed by atoms with Crippen LogP contribution in [0.2, 0.25) is 0 Å². The zero-order valence-corrected chi connectivity index (χ0v) is 17.9. The summed E-state index contributed by atoms with van der Waals surface area (Å²) in [4.78, 5) is 34.6. The summed E-state index contributed by atoms with van der Waals surface area (Å²) < 4.78 is 47.4. The Balaban J connectivity index is 1.77. The summed E-state index contributed by atoms with van der Waals surface area (Å²) in [6, 6.07) is 2.59. The van der Waals surface area contributed by atoms with Gasteiger partial charge in [-0.2, -0.15) is 18.4 Å². The van der Waals surface area contributed by atoms with Crippen LogP contribution < -0.4 is 5.32 Å². The monoisotopic (exact) mass is 465 g/mol. The third kappa shape index (κ3) is 5.46. The Morgan fingerprint density at radius 1 is 1.39 bits per heavy atom. The van der Waals surface area contributed by atoms with Crippen LogP contribution in [0, 0.1) is 17.2 Å². The van der Waals surface area contributed by atoms with Crippen LogP contribution in [-0.4, -0.2) is 68.9 Å². The van der Waals surface area contributed by atoms with E-state index in [2.05, 4.69) is 20.4 Å². The maximum atomic E-state index is 13.7. The number of amides is 2. The van der Waals surface area contributed by atoms with E-state index in [1.54, 1.807) is 18.2 Å². The van der Waals surface area contributed by atoms with Gasteiger partial charge in [-0.15, -0.1) is 5.10 Å². The van der Waals surface area contributed by atoms with Gasteiger partial charge in [-0.25, -0.2) is 9.67 Å². The molecule has 0 aromatic carbocycles. The first kappa shape index (κ1) is 24.1. The average molecular weight is 465 g/mol. The normalized spacial score (nSPS) is 20.5. The minimum absolute atomic E-state index is 0.139. The van der Waals surface area contributed by atoms with Crippen molar-refractivity contribution in [1.82, 2.24) is 30.0 Å². The molecule has 1 fully saturated rings. The number of carbonyl (C=O) groups is 2. The number of hydrogen-bond acceptors (Lipinski definition) is 7. The first-order valence-corrected chi connectivity index (χ1v) is 10.1. The molecule has 2 aromatic rings. The summed E-state index contributed by atoms with van der Waals surface area (Å²) in [5.41, 5.74) is 0.469. The van der Waals surface area contributed by atoms with Gasteiger partial charge in [-0.1, -0.05) is 6.07 Å². The van der Waals surface area contributed by atoms with Gasteiger partial charge in [0.25, 0.3) is 11.7 Å². The van der Waals surface area contributed by atoms with E-state index in [4.69, 9.17) is 10.00 Å². The molecular formula is C20H22F3N7O3. The second kappa shape index (κ2) is 9.95. The summed E-state index contributed by atoms with van der Waals surface area (Å²) in [5, 5.41) is 15.0. The van der Waals surface area contributed by atoms with Gasteiger partial charge in [0.05, 0.1) is 12.0 Å². The van der Waals surface area contributed by atoms with Crippen molar-refractivity contribution in [3.63, 3.8) is 0 Å². The van der Waals surface area contributed by atoms with Gasteiger partial charge in [0, 0.05) is 38.2 Å². The molecule has 1 aliphatic rings. The van der Waals surface area contributed by atoms with E-state index < -0.39 is 42.1 Å². The number of ether oxygens (including phenoxy) is 1. The van der Waals surface area contributed by atoms with E-state index in [0.717, 1.165) is 11.0 Å². The predicted octanol–water partition coefficient (Wildman–Crippen LogP) is 1.39.